The molecule has 0 fully saturated rings. The number of hydrogen-bond donors (Lipinski definition) is 0. The Kier molecular flexibility index (Phi) is 4.33. The molecule has 132 valence electrons. The van der Waals surface area contributed by atoms with Gasteiger partial charge in [-0.15, -0.1) is 0 Å². The Labute approximate surface area is 148 Å². The summed E-state index contributed by atoms with van der Waals surface area (Å²) in [4.78, 5) is 15.0. The van der Waals surface area contributed by atoms with E-state index in [0.717, 1.165) is 5.69 Å². The number of hydrogen-bond acceptors (Lipinski definition) is 4. The molecule has 0 bridgehead atoms. The van der Waals surface area contributed by atoms with Crippen molar-refractivity contribution < 1.29 is 19.0 Å². The van der Waals surface area contributed by atoms with E-state index >= 15 is 0 Å². The molecule has 3 rings (SSSR count). The van der Waals surface area contributed by atoms with Crippen LogP contribution in [0.5, 0.6) is 17.2 Å². The maximum atomic E-state index is 13.2. The molecule has 1 aliphatic heterocycles. The molecular weight excluding hydrogens is 318 g/mol. The molecule has 2 aromatic rings. The number of ether oxygens (including phenoxy) is 3. The van der Waals surface area contributed by atoms with Crippen molar-refractivity contribution in [1.82, 2.24) is 0 Å². The molecule has 25 heavy (non-hydrogen) atoms. The molecule has 0 aromatic heterocycles. The van der Waals surface area contributed by atoms with Gasteiger partial charge >= 0.3 is 0 Å². The second-order valence-electron chi connectivity index (χ2n) is 6.71. The number of nitrogens with zero attached hydrogens (tertiary/aromatic N) is 1. The third-order valence-electron chi connectivity index (χ3n) is 4.63. The van der Waals surface area contributed by atoms with Crippen LogP contribution in [-0.4, -0.2) is 33.8 Å². The van der Waals surface area contributed by atoms with Crippen LogP contribution >= 0.6 is 0 Å². The van der Waals surface area contributed by atoms with Gasteiger partial charge in [0.2, 0.25) is 5.75 Å². The minimum atomic E-state index is -0.0904. The Morgan fingerprint density at radius 3 is 2.16 bits per heavy atom. The highest BCUT2D eigenvalue weighted by molar-refractivity contribution is 6.08. The summed E-state index contributed by atoms with van der Waals surface area (Å²) in [6.45, 7) is 4.92. The summed E-state index contributed by atoms with van der Waals surface area (Å²) in [6.07, 6.45) is 0. The summed E-state index contributed by atoms with van der Waals surface area (Å²) in [7, 11) is 4.63. The summed E-state index contributed by atoms with van der Waals surface area (Å²) in [5, 5.41) is 0. The average molecular weight is 341 g/mol. The molecular formula is C20H23NO4. The lowest BCUT2D eigenvalue weighted by molar-refractivity contribution is 0.0985. The molecule has 2 aromatic carbocycles. The zero-order chi connectivity index (χ0) is 18.2. The number of benzene rings is 2. The van der Waals surface area contributed by atoms with E-state index in [0.29, 0.717) is 29.4 Å². The minimum Gasteiger partial charge on any atom is -0.493 e. The van der Waals surface area contributed by atoms with Crippen molar-refractivity contribution >= 4 is 11.6 Å². The van der Waals surface area contributed by atoms with E-state index in [1.54, 1.807) is 33.5 Å². The molecule has 1 amide bonds. The van der Waals surface area contributed by atoms with Crippen molar-refractivity contribution in [2.45, 2.75) is 19.3 Å². The molecule has 1 heterocycles. The largest absolute Gasteiger partial charge is 0.493 e. The second-order valence-corrected chi connectivity index (χ2v) is 6.71. The molecule has 5 heteroatoms. The van der Waals surface area contributed by atoms with Crippen molar-refractivity contribution in [1.29, 1.82) is 0 Å². The topological polar surface area (TPSA) is 48.0 Å². The Morgan fingerprint density at radius 2 is 1.60 bits per heavy atom. The molecule has 0 saturated carbocycles. The molecule has 0 radical (unpaired) electrons. The zero-order valence-corrected chi connectivity index (χ0v) is 15.3. The number of fused-ring (bicyclic) bond motifs is 1. The van der Waals surface area contributed by atoms with Gasteiger partial charge in [0, 0.05) is 23.2 Å². The first-order valence-corrected chi connectivity index (χ1v) is 8.14. The summed E-state index contributed by atoms with van der Waals surface area (Å²) < 4.78 is 16.1. The highest BCUT2D eigenvalue weighted by Crippen LogP contribution is 2.43. The van der Waals surface area contributed by atoms with Crippen LogP contribution in [0.15, 0.2) is 36.4 Å². The van der Waals surface area contributed by atoms with Gasteiger partial charge in [-0.2, -0.15) is 0 Å². The first-order valence-electron chi connectivity index (χ1n) is 8.14. The van der Waals surface area contributed by atoms with Gasteiger partial charge in [0.25, 0.3) is 5.91 Å². The van der Waals surface area contributed by atoms with Crippen LogP contribution < -0.4 is 19.1 Å². The molecule has 1 aliphatic rings. The highest BCUT2D eigenvalue weighted by atomic mass is 16.5. The maximum absolute atomic E-state index is 13.2. The molecule has 0 N–H and O–H groups in total. The van der Waals surface area contributed by atoms with E-state index in [2.05, 4.69) is 19.9 Å². The lowest BCUT2D eigenvalue weighted by Gasteiger charge is -2.22. The summed E-state index contributed by atoms with van der Waals surface area (Å²) in [5.74, 6) is 1.33. The molecule has 0 atom stereocenters. The lowest BCUT2D eigenvalue weighted by Crippen LogP contribution is -2.34. The first kappa shape index (κ1) is 17.1. The number of carbonyl (C=O) groups excluding carboxylic acids is 1. The second kappa shape index (κ2) is 6.31. The van der Waals surface area contributed by atoms with Crippen molar-refractivity contribution in [2.24, 2.45) is 0 Å². The fraction of sp³-hybridized carbons (Fsp3) is 0.350. The standard InChI is InChI=1S/C20H23NO4/c1-20(2)12-21(15-9-7-6-8-14(15)20)19(22)13-10-16(23-3)18(25-5)17(11-13)24-4/h6-11H,12H2,1-5H3. The van der Waals surface area contributed by atoms with Gasteiger partial charge < -0.3 is 19.1 Å². The molecule has 0 aliphatic carbocycles. The summed E-state index contributed by atoms with van der Waals surface area (Å²) in [5.41, 5.74) is 2.54. The summed E-state index contributed by atoms with van der Waals surface area (Å²) >= 11 is 0. The maximum Gasteiger partial charge on any atom is 0.258 e. The van der Waals surface area contributed by atoms with Crippen LogP contribution in [0.2, 0.25) is 0 Å². The number of rotatable bonds is 4. The SMILES string of the molecule is COc1cc(C(=O)N2CC(C)(C)c3ccccc32)cc(OC)c1OC. The fourth-order valence-electron chi connectivity index (χ4n) is 3.39. The number of para-hydroxylation sites is 1. The van der Waals surface area contributed by atoms with E-state index in [1.165, 1.54) is 5.56 Å². The number of amides is 1. The Balaban J connectivity index is 2.05. The van der Waals surface area contributed by atoms with Gasteiger partial charge in [-0.25, -0.2) is 0 Å². The molecule has 0 spiro atoms. The smallest absolute Gasteiger partial charge is 0.258 e. The van der Waals surface area contributed by atoms with E-state index in [4.69, 9.17) is 14.2 Å². The lowest BCUT2D eigenvalue weighted by atomic mass is 9.87. The summed E-state index contributed by atoms with van der Waals surface area (Å²) in [6, 6.07) is 11.4. The van der Waals surface area contributed by atoms with Crippen LogP contribution in [0.1, 0.15) is 29.8 Å². The third kappa shape index (κ3) is 2.80. The quantitative estimate of drug-likeness (QED) is 0.852. The Morgan fingerprint density at radius 1 is 1.00 bits per heavy atom. The van der Waals surface area contributed by atoms with Crippen LogP contribution in [0, 0.1) is 0 Å². The van der Waals surface area contributed by atoms with E-state index in [-0.39, 0.29) is 11.3 Å². The fourth-order valence-corrected chi connectivity index (χ4v) is 3.39. The zero-order valence-electron chi connectivity index (χ0n) is 15.3. The van der Waals surface area contributed by atoms with Crippen molar-refractivity contribution in [3.8, 4) is 17.2 Å². The number of methoxy groups -OCH3 is 3. The van der Waals surface area contributed by atoms with Gasteiger partial charge in [-0.1, -0.05) is 32.0 Å². The van der Waals surface area contributed by atoms with Gasteiger partial charge in [-0.05, 0) is 23.8 Å². The van der Waals surface area contributed by atoms with Crippen molar-refractivity contribution in [3.05, 3.63) is 47.5 Å². The van der Waals surface area contributed by atoms with Crippen LogP contribution in [0.4, 0.5) is 5.69 Å². The first-order chi connectivity index (χ1) is 11.9. The Bertz CT molecular complexity index is 788. The van der Waals surface area contributed by atoms with Crippen LogP contribution in [0.3, 0.4) is 0 Å². The minimum absolute atomic E-state index is 0.0859. The predicted octanol–water partition coefficient (Wildman–Crippen LogP) is 3.65. The average Bonchev–Trinajstić information content (AvgIpc) is 2.91. The van der Waals surface area contributed by atoms with Crippen LogP contribution in [0.25, 0.3) is 0 Å². The van der Waals surface area contributed by atoms with E-state index in [1.807, 2.05) is 23.1 Å². The molecule has 0 unspecified atom stereocenters. The molecule has 5 nitrogen and oxygen atoms in total. The monoisotopic (exact) mass is 341 g/mol. The number of anilines is 1. The van der Waals surface area contributed by atoms with Crippen molar-refractivity contribution in [3.63, 3.8) is 0 Å². The normalized spacial score (nSPS) is 14.8. The predicted molar refractivity (Wildman–Crippen MR) is 97.2 cm³/mol. The van der Waals surface area contributed by atoms with Gasteiger partial charge in [0.1, 0.15) is 0 Å². The van der Waals surface area contributed by atoms with Gasteiger partial charge in [-0.3, -0.25) is 4.79 Å². The third-order valence-corrected chi connectivity index (χ3v) is 4.63. The van der Waals surface area contributed by atoms with E-state index < -0.39 is 0 Å². The highest BCUT2D eigenvalue weighted by Gasteiger charge is 2.38. The number of carbonyl (C=O) groups is 1. The van der Waals surface area contributed by atoms with Gasteiger partial charge in [0.05, 0.1) is 21.3 Å². The van der Waals surface area contributed by atoms with Crippen LogP contribution in [-0.2, 0) is 5.41 Å². The Hall–Kier alpha value is -2.69. The van der Waals surface area contributed by atoms with Gasteiger partial charge in [0.15, 0.2) is 11.5 Å². The van der Waals surface area contributed by atoms with E-state index in [9.17, 15) is 4.79 Å². The molecule has 0 saturated heterocycles. The van der Waals surface area contributed by atoms with Crippen molar-refractivity contribution in [2.75, 3.05) is 32.8 Å².